The molecule has 0 bridgehead atoms. The van der Waals surface area contributed by atoms with E-state index in [4.69, 9.17) is 0 Å². The minimum atomic E-state index is -0.850. The van der Waals surface area contributed by atoms with Gasteiger partial charge in [-0.25, -0.2) is 4.39 Å². The SMILES string of the molecule is CCCc1cc2n(c1C(=O)c1ccc(F)cc1)CCCC2C(=O)O. The molecule has 0 spiro atoms. The Bertz CT molecular complexity index is 777. The fourth-order valence-corrected chi connectivity index (χ4v) is 3.47. The van der Waals surface area contributed by atoms with Gasteiger partial charge in [-0.3, -0.25) is 9.59 Å². The molecular formula is C19H20FNO3. The number of hydrogen-bond acceptors (Lipinski definition) is 2. The van der Waals surface area contributed by atoms with Gasteiger partial charge in [-0.15, -0.1) is 0 Å². The largest absolute Gasteiger partial charge is 0.481 e. The Morgan fingerprint density at radius 2 is 2.00 bits per heavy atom. The van der Waals surface area contributed by atoms with Crippen molar-refractivity contribution in [3.05, 3.63) is 58.7 Å². The Morgan fingerprint density at radius 1 is 1.29 bits per heavy atom. The number of aliphatic carboxylic acids is 1. The Kier molecular flexibility index (Phi) is 4.51. The molecule has 0 saturated carbocycles. The molecular weight excluding hydrogens is 309 g/mol. The van der Waals surface area contributed by atoms with Gasteiger partial charge < -0.3 is 9.67 Å². The van der Waals surface area contributed by atoms with E-state index in [2.05, 4.69) is 0 Å². The molecule has 2 aromatic rings. The molecule has 1 unspecified atom stereocenters. The van der Waals surface area contributed by atoms with Gasteiger partial charge in [0.1, 0.15) is 5.82 Å². The lowest BCUT2D eigenvalue weighted by Crippen LogP contribution is -2.24. The third kappa shape index (κ3) is 2.86. The first-order chi connectivity index (χ1) is 11.5. The fraction of sp³-hybridized carbons (Fsp3) is 0.368. The van der Waals surface area contributed by atoms with Crippen LogP contribution in [0.3, 0.4) is 0 Å². The predicted octanol–water partition coefficient (Wildman–Crippen LogP) is 3.77. The highest BCUT2D eigenvalue weighted by molar-refractivity contribution is 6.09. The maximum Gasteiger partial charge on any atom is 0.312 e. The van der Waals surface area contributed by atoms with E-state index in [9.17, 15) is 19.1 Å². The van der Waals surface area contributed by atoms with Gasteiger partial charge in [-0.2, -0.15) is 0 Å². The van der Waals surface area contributed by atoms with E-state index in [1.807, 2.05) is 17.6 Å². The lowest BCUT2D eigenvalue weighted by molar-refractivity contribution is -0.139. The summed E-state index contributed by atoms with van der Waals surface area (Å²) in [7, 11) is 0. The second-order valence-corrected chi connectivity index (χ2v) is 6.21. The van der Waals surface area contributed by atoms with Gasteiger partial charge in [-0.05, 0) is 55.2 Å². The second kappa shape index (κ2) is 6.59. The predicted molar refractivity (Wildman–Crippen MR) is 87.9 cm³/mol. The Labute approximate surface area is 139 Å². The summed E-state index contributed by atoms with van der Waals surface area (Å²) in [5, 5.41) is 9.46. The quantitative estimate of drug-likeness (QED) is 0.850. The fourth-order valence-electron chi connectivity index (χ4n) is 3.47. The molecule has 2 heterocycles. The zero-order valence-electron chi connectivity index (χ0n) is 13.6. The summed E-state index contributed by atoms with van der Waals surface area (Å²) in [6.45, 7) is 2.67. The van der Waals surface area contributed by atoms with E-state index >= 15 is 0 Å². The van der Waals surface area contributed by atoms with E-state index in [0.29, 0.717) is 36.3 Å². The molecule has 3 rings (SSSR count). The Morgan fingerprint density at radius 3 is 2.62 bits per heavy atom. The van der Waals surface area contributed by atoms with Crippen LogP contribution in [-0.2, 0) is 17.8 Å². The summed E-state index contributed by atoms with van der Waals surface area (Å²) in [5.41, 5.74) is 2.58. The van der Waals surface area contributed by atoms with Crippen LogP contribution in [0.2, 0.25) is 0 Å². The highest BCUT2D eigenvalue weighted by Gasteiger charge is 2.31. The second-order valence-electron chi connectivity index (χ2n) is 6.21. The van der Waals surface area contributed by atoms with E-state index in [1.165, 1.54) is 24.3 Å². The van der Waals surface area contributed by atoms with Gasteiger partial charge in [0.25, 0.3) is 0 Å². The molecule has 5 heteroatoms. The van der Waals surface area contributed by atoms with Crippen LogP contribution in [-0.4, -0.2) is 21.4 Å². The van der Waals surface area contributed by atoms with Gasteiger partial charge in [0, 0.05) is 17.8 Å². The van der Waals surface area contributed by atoms with Crippen molar-refractivity contribution in [3.8, 4) is 0 Å². The van der Waals surface area contributed by atoms with Gasteiger partial charge in [0.2, 0.25) is 5.78 Å². The van der Waals surface area contributed by atoms with Crippen LogP contribution in [0.15, 0.2) is 30.3 Å². The number of aromatic nitrogens is 1. The lowest BCUT2D eigenvalue weighted by Gasteiger charge is -2.23. The number of carbonyl (C=O) groups excluding carboxylic acids is 1. The smallest absolute Gasteiger partial charge is 0.312 e. The van der Waals surface area contributed by atoms with Gasteiger partial charge >= 0.3 is 5.97 Å². The minimum Gasteiger partial charge on any atom is -0.481 e. The number of rotatable bonds is 5. The standard InChI is InChI=1S/C19H20FNO3/c1-2-4-13-11-16-15(19(23)24)5-3-10-21(16)17(13)18(22)12-6-8-14(20)9-7-12/h6-9,11,15H,2-5,10H2,1H3,(H,23,24). The zero-order chi connectivity index (χ0) is 17.3. The Balaban J connectivity index is 2.10. The van der Waals surface area contributed by atoms with Crippen molar-refractivity contribution in [2.45, 2.75) is 45.1 Å². The van der Waals surface area contributed by atoms with E-state index in [1.54, 1.807) is 0 Å². The maximum atomic E-state index is 13.1. The van der Waals surface area contributed by atoms with Crippen LogP contribution in [0.25, 0.3) is 0 Å². The van der Waals surface area contributed by atoms with E-state index < -0.39 is 11.9 Å². The molecule has 0 fully saturated rings. The molecule has 0 aliphatic carbocycles. The van der Waals surface area contributed by atoms with Crippen LogP contribution >= 0.6 is 0 Å². The third-order valence-electron chi connectivity index (χ3n) is 4.58. The van der Waals surface area contributed by atoms with Crippen LogP contribution < -0.4 is 0 Å². The van der Waals surface area contributed by atoms with Crippen LogP contribution in [0.1, 0.15) is 59.4 Å². The number of nitrogens with zero attached hydrogens (tertiary/aromatic N) is 1. The maximum absolute atomic E-state index is 13.1. The van der Waals surface area contributed by atoms with Crippen molar-refractivity contribution in [3.63, 3.8) is 0 Å². The highest BCUT2D eigenvalue weighted by atomic mass is 19.1. The molecule has 0 radical (unpaired) electrons. The number of hydrogen-bond donors (Lipinski definition) is 1. The summed E-state index contributed by atoms with van der Waals surface area (Å²) in [4.78, 5) is 24.5. The molecule has 1 aromatic carbocycles. The number of carboxylic acid groups (broad SMARTS) is 1. The first-order valence-electron chi connectivity index (χ1n) is 8.28. The normalized spacial score (nSPS) is 16.7. The molecule has 0 amide bonds. The highest BCUT2D eigenvalue weighted by Crippen LogP contribution is 2.33. The number of ketones is 1. The minimum absolute atomic E-state index is 0.171. The number of aryl methyl sites for hydroxylation is 1. The first kappa shape index (κ1) is 16.4. The molecule has 4 nitrogen and oxygen atoms in total. The first-order valence-corrected chi connectivity index (χ1v) is 8.28. The monoisotopic (exact) mass is 329 g/mol. The summed E-state index contributed by atoms with van der Waals surface area (Å²) in [5.74, 6) is -1.97. The number of halogens is 1. The van der Waals surface area contributed by atoms with Gasteiger partial charge in [0.15, 0.2) is 0 Å². The molecule has 1 N–H and O–H groups in total. The molecule has 126 valence electrons. The Hall–Kier alpha value is -2.43. The summed E-state index contributed by atoms with van der Waals surface area (Å²) in [6.07, 6.45) is 2.91. The summed E-state index contributed by atoms with van der Waals surface area (Å²) >= 11 is 0. The molecule has 0 saturated heterocycles. The van der Waals surface area contributed by atoms with Crippen molar-refractivity contribution < 1.29 is 19.1 Å². The topological polar surface area (TPSA) is 59.3 Å². The van der Waals surface area contributed by atoms with Crippen LogP contribution in [0, 0.1) is 5.82 Å². The van der Waals surface area contributed by atoms with Gasteiger partial charge in [-0.1, -0.05) is 13.3 Å². The summed E-state index contributed by atoms with van der Waals surface area (Å²) < 4.78 is 15.0. The number of benzene rings is 1. The van der Waals surface area contributed by atoms with Crippen molar-refractivity contribution in [1.82, 2.24) is 4.57 Å². The average Bonchev–Trinajstić information content (AvgIpc) is 2.93. The van der Waals surface area contributed by atoms with Crippen molar-refractivity contribution in [2.75, 3.05) is 0 Å². The van der Waals surface area contributed by atoms with Gasteiger partial charge in [0.05, 0.1) is 11.6 Å². The number of carbonyl (C=O) groups is 2. The third-order valence-corrected chi connectivity index (χ3v) is 4.58. The van der Waals surface area contributed by atoms with E-state index in [-0.39, 0.29) is 11.6 Å². The molecule has 1 aromatic heterocycles. The number of carboxylic acids is 1. The average molecular weight is 329 g/mol. The zero-order valence-corrected chi connectivity index (χ0v) is 13.6. The van der Waals surface area contributed by atoms with E-state index in [0.717, 1.165) is 18.4 Å². The molecule has 1 aliphatic rings. The lowest BCUT2D eigenvalue weighted by atomic mass is 9.96. The molecule has 1 aliphatic heterocycles. The molecule has 1 atom stereocenters. The van der Waals surface area contributed by atoms with Crippen molar-refractivity contribution in [1.29, 1.82) is 0 Å². The number of fused-ring (bicyclic) bond motifs is 1. The van der Waals surface area contributed by atoms with Crippen LogP contribution in [0.5, 0.6) is 0 Å². The van der Waals surface area contributed by atoms with Crippen molar-refractivity contribution >= 4 is 11.8 Å². The van der Waals surface area contributed by atoms with Crippen molar-refractivity contribution in [2.24, 2.45) is 0 Å². The molecule has 24 heavy (non-hydrogen) atoms. The summed E-state index contributed by atoms with van der Waals surface area (Å²) in [6, 6.07) is 7.37. The van der Waals surface area contributed by atoms with Crippen LogP contribution in [0.4, 0.5) is 4.39 Å².